The molecule has 2 rings (SSSR count). The summed E-state index contributed by atoms with van der Waals surface area (Å²) >= 11 is 0. The normalized spacial score (nSPS) is 11.2. The van der Waals surface area contributed by atoms with E-state index in [1.807, 2.05) is 38.1 Å². The Labute approximate surface area is 149 Å². The van der Waals surface area contributed by atoms with Crippen molar-refractivity contribution >= 4 is 27.3 Å². The van der Waals surface area contributed by atoms with E-state index in [1.165, 1.54) is 10.6 Å². The van der Waals surface area contributed by atoms with Gasteiger partial charge in [-0.05, 0) is 49.6 Å². The van der Waals surface area contributed by atoms with E-state index in [1.54, 1.807) is 24.3 Å². The van der Waals surface area contributed by atoms with Gasteiger partial charge in [0.15, 0.2) is 0 Å². The van der Waals surface area contributed by atoms with Gasteiger partial charge in [0.25, 0.3) is 0 Å². The van der Waals surface area contributed by atoms with Gasteiger partial charge < -0.3 is 5.32 Å². The van der Waals surface area contributed by atoms with Crippen LogP contribution in [0.5, 0.6) is 0 Å². The highest BCUT2D eigenvalue weighted by Crippen LogP contribution is 2.19. The maximum absolute atomic E-state index is 12.2. The molecule has 5 nitrogen and oxygen atoms in total. The molecule has 0 aliphatic heterocycles. The lowest BCUT2D eigenvalue weighted by atomic mass is 10.1. The minimum Gasteiger partial charge on any atom is -0.326 e. The summed E-state index contributed by atoms with van der Waals surface area (Å²) in [5.41, 5.74) is 3.57. The molecule has 0 aromatic heterocycles. The van der Waals surface area contributed by atoms with E-state index in [4.69, 9.17) is 0 Å². The molecule has 134 valence electrons. The number of rotatable bonds is 7. The summed E-state index contributed by atoms with van der Waals surface area (Å²) in [7, 11) is -3.39. The zero-order valence-corrected chi connectivity index (χ0v) is 15.6. The number of hydrogen-bond acceptors (Lipinski definition) is 3. The summed E-state index contributed by atoms with van der Waals surface area (Å²) in [6.07, 6.45) is 1.88. The average molecular weight is 360 g/mol. The van der Waals surface area contributed by atoms with Crippen LogP contribution in [0.2, 0.25) is 0 Å². The number of nitrogens with one attached hydrogen (secondary N) is 1. The topological polar surface area (TPSA) is 66.5 Å². The second-order valence-corrected chi connectivity index (χ2v) is 7.98. The van der Waals surface area contributed by atoms with Crippen molar-refractivity contribution < 1.29 is 13.2 Å². The van der Waals surface area contributed by atoms with Gasteiger partial charge in [-0.25, -0.2) is 8.42 Å². The average Bonchev–Trinajstić information content (AvgIpc) is 2.55. The second-order valence-electron chi connectivity index (χ2n) is 6.07. The molecule has 1 amide bonds. The van der Waals surface area contributed by atoms with E-state index in [-0.39, 0.29) is 18.9 Å². The van der Waals surface area contributed by atoms with Crippen LogP contribution >= 0.6 is 0 Å². The molecule has 0 atom stereocenters. The molecule has 6 heteroatoms. The van der Waals surface area contributed by atoms with Crippen molar-refractivity contribution in [2.24, 2.45) is 0 Å². The van der Waals surface area contributed by atoms with Crippen molar-refractivity contribution in [1.82, 2.24) is 0 Å². The minimum absolute atomic E-state index is 0.116. The predicted octanol–water partition coefficient (Wildman–Crippen LogP) is 3.49. The highest BCUT2D eigenvalue weighted by Gasteiger charge is 2.17. The molecular formula is C19H24N2O3S. The van der Waals surface area contributed by atoms with Gasteiger partial charge in [-0.3, -0.25) is 9.10 Å². The maximum Gasteiger partial charge on any atom is 0.232 e. The molecule has 0 heterocycles. The number of hydrogen-bond donors (Lipinski definition) is 1. The van der Waals surface area contributed by atoms with Crippen molar-refractivity contribution in [2.75, 3.05) is 22.4 Å². The van der Waals surface area contributed by atoms with Crippen LogP contribution in [-0.2, 0) is 14.8 Å². The first-order valence-corrected chi connectivity index (χ1v) is 10.0. The number of carbonyl (C=O) groups excluding carboxylic acids is 1. The lowest BCUT2D eigenvalue weighted by molar-refractivity contribution is -0.116. The molecule has 0 aliphatic carbocycles. The summed E-state index contributed by atoms with van der Waals surface area (Å²) in [6.45, 7) is 4.23. The third-order valence-electron chi connectivity index (χ3n) is 4.09. The number of carbonyl (C=O) groups is 1. The molecule has 0 saturated heterocycles. The fourth-order valence-corrected chi connectivity index (χ4v) is 3.53. The lowest BCUT2D eigenvalue weighted by Crippen LogP contribution is -2.31. The first kappa shape index (κ1) is 19.0. The van der Waals surface area contributed by atoms with Gasteiger partial charge >= 0.3 is 0 Å². The van der Waals surface area contributed by atoms with E-state index in [2.05, 4.69) is 5.32 Å². The summed E-state index contributed by atoms with van der Waals surface area (Å²) in [5.74, 6) is -0.116. The number of sulfonamides is 1. The van der Waals surface area contributed by atoms with Crippen molar-refractivity contribution in [2.45, 2.75) is 26.7 Å². The Kier molecular flexibility index (Phi) is 6.20. The molecule has 0 spiro atoms. The van der Waals surface area contributed by atoms with Crippen LogP contribution in [0.25, 0.3) is 0 Å². The molecule has 25 heavy (non-hydrogen) atoms. The Bertz CT molecular complexity index is 833. The molecular weight excluding hydrogens is 336 g/mol. The standard InChI is InChI=1S/C19H24N2O3S/c1-15-9-7-12-18(16(15)2)20-19(22)13-8-14-21(25(3,23)24)17-10-5-4-6-11-17/h4-7,9-12H,8,13-14H2,1-3H3,(H,20,22). The Balaban J connectivity index is 1.96. The summed E-state index contributed by atoms with van der Waals surface area (Å²) in [6, 6.07) is 14.7. The Morgan fingerprint density at radius 1 is 1.04 bits per heavy atom. The Morgan fingerprint density at radius 3 is 2.36 bits per heavy atom. The molecule has 2 aromatic carbocycles. The van der Waals surface area contributed by atoms with Gasteiger partial charge in [-0.1, -0.05) is 30.3 Å². The Morgan fingerprint density at radius 2 is 1.72 bits per heavy atom. The Hall–Kier alpha value is -2.34. The third kappa shape index (κ3) is 5.32. The van der Waals surface area contributed by atoms with Crippen LogP contribution in [0.1, 0.15) is 24.0 Å². The van der Waals surface area contributed by atoms with E-state index in [9.17, 15) is 13.2 Å². The monoisotopic (exact) mass is 360 g/mol. The zero-order chi connectivity index (χ0) is 18.4. The molecule has 0 bridgehead atoms. The fraction of sp³-hybridized carbons (Fsp3) is 0.316. The van der Waals surface area contributed by atoms with Crippen molar-refractivity contribution in [3.8, 4) is 0 Å². The van der Waals surface area contributed by atoms with Crippen LogP contribution < -0.4 is 9.62 Å². The number of aryl methyl sites for hydroxylation is 1. The summed E-state index contributed by atoms with van der Waals surface area (Å²) in [4.78, 5) is 12.2. The van der Waals surface area contributed by atoms with Crippen LogP contribution in [0, 0.1) is 13.8 Å². The second kappa shape index (κ2) is 8.16. The van der Waals surface area contributed by atoms with Crippen molar-refractivity contribution in [1.29, 1.82) is 0 Å². The minimum atomic E-state index is -3.39. The van der Waals surface area contributed by atoms with E-state index in [0.717, 1.165) is 16.8 Å². The summed E-state index contributed by atoms with van der Waals surface area (Å²) < 4.78 is 25.3. The summed E-state index contributed by atoms with van der Waals surface area (Å²) in [5, 5.41) is 2.90. The molecule has 0 fully saturated rings. The van der Waals surface area contributed by atoms with Gasteiger partial charge in [0.2, 0.25) is 15.9 Å². The van der Waals surface area contributed by atoms with Crippen LogP contribution in [0.3, 0.4) is 0 Å². The molecule has 0 unspecified atom stereocenters. The van der Waals surface area contributed by atoms with Gasteiger partial charge in [0.1, 0.15) is 0 Å². The SMILES string of the molecule is Cc1cccc(NC(=O)CCCN(c2ccccc2)S(C)(=O)=O)c1C. The largest absolute Gasteiger partial charge is 0.326 e. The van der Waals surface area contributed by atoms with Crippen molar-refractivity contribution in [3.05, 3.63) is 59.7 Å². The van der Waals surface area contributed by atoms with E-state index >= 15 is 0 Å². The maximum atomic E-state index is 12.2. The highest BCUT2D eigenvalue weighted by molar-refractivity contribution is 7.92. The number of nitrogens with zero attached hydrogens (tertiary/aromatic N) is 1. The molecule has 2 aromatic rings. The zero-order valence-electron chi connectivity index (χ0n) is 14.8. The smallest absolute Gasteiger partial charge is 0.232 e. The van der Waals surface area contributed by atoms with Gasteiger partial charge in [-0.15, -0.1) is 0 Å². The van der Waals surface area contributed by atoms with Gasteiger partial charge in [0, 0.05) is 18.7 Å². The number of benzene rings is 2. The number of amides is 1. The molecule has 0 radical (unpaired) electrons. The number of anilines is 2. The first-order chi connectivity index (χ1) is 11.8. The van der Waals surface area contributed by atoms with E-state index < -0.39 is 10.0 Å². The van der Waals surface area contributed by atoms with Crippen LogP contribution in [-0.4, -0.2) is 27.1 Å². The third-order valence-corrected chi connectivity index (χ3v) is 5.28. The van der Waals surface area contributed by atoms with E-state index in [0.29, 0.717) is 12.1 Å². The highest BCUT2D eigenvalue weighted by atomic mass is 32.2. The number of para-hydroxylation sites is 1. The molecule has 0 aliphatic rings. The lowest BCUT2D eigenvalue weighted by Gasteiger charge is -2.22. The van der Waals surface area contributed by atoms with Crippen LogP contribution in [0.4, 0.5) is 11.4 Å². The molecule has 1 N–H and O–H groups in total. The first-order valence-electron chi connectivity index (χ1n) is 8.18. The van der Waals surface area contributed by atoms with Crippen LogP contribution in [0.15, 0.2) is 48.5 Å². The van der Waals surface area contributed by atoms with Gasteiger partial charge in [0.05, 0.1) is 11.9 Å². The quantitative estimate of drug-likeness (QED) is 0.822. The molecule has 0 saturated carbocycles. The predicted molar refractivity (Wildman–Crippen MR) is 102 cm³/mol. The van der Waals surface area contributed by atoms with Crippen molar-refractivity contribution in [3.63, 3.8) is 0 Å². The van der Waals surface area contributed by atoms with Gasteiger partial charge in [-0.2, -0.15) is 0 Å². The fourth-order valence-electron chi connectivity index (χ4n) is 2.56.